The highest BCUT2D eigenvalue weighted by atomic mass is 127. The lowest BCUT2D eigenvalue weighted by molar-refractivity contribution is 0.694. The summed E-state index contributed by atoms with van der Waals surface area (Å²) in [5, 5.41) is 6.72. The Bertz CT molecular complexity index is 841. The summed E-state index contributed by atoms with van der Waals surface area (Å²) in [6.07, 6.45) is 4.75. The second-order valence-corrected chi connectivity index (χ2v) is 7.44. The summed E-state index contributed by atoms with van der Waals surface area (Å²) in [5.74, 6) is 1.89. The molecule has 0 aliphatic rings. The maximum atomic E-state index is 4.50. The summed E-state index contributed by atoms with van der Waals surface area (Å²) in [5.41, 5.74) is 1.28. The van der Waals surface area contributed by atoms with Crippen molar-refractivity contribution >= 4 is 41.3 Å². The summed E-state index contributed by atoms with van der Waals surface area (Å²) in [4.78, 5) is 11.4. The number of thiophene rings is 1. The highest BCUT2D eigenvalue weighted by Gasteiger charge is 2.05. The third-order valence-electron chi connectivity index (χ3n) is 4.09. The number of hydrogen-bond acceptors (Lipinski definition) is 3. The molecule has 0 radical (unpaired) electrons. The predicted molar refractivity (Wildman–Crippen MR) is 124 cm³/mol. The third kappa shape index (κ3) is 6.66. The van der Waals surface area contributed by atoms with Crippen LogP contribution in [0.1, 0.15) is 21.1 Å². The van der Waals surface area contributed by atoms with Crippen LogP contribution in [0.2, 0.25) is 0 Å². The molecular formula is C20H26IN5S. The van der Waals surface area contributed by atoms with E-state index in [0.717, 1.165) is 37.8 Å². The van der Waals surface area contributed by atoms with E-state index in [1.165, 1.54) is 15.3 Å². The molecule has 2 N–H and O–H groups in total. The molecule has 0 bridgehead atoms. The maximum absolute atomic E-state index is 4.50. The average Bonchev–Trinajstić information content (AvgIpc) is 3.27. The molecule has 0 atom stereocenters. The second-order valence-electron chi connectivity index (χ2n) is 6.07. The smallest absolute Gasteiger partial charge is 0.191 e. The zero-order chi connectivity index (χ0) is 18.2. The summed E-state index contributed by atoms with van der Waals surface area (Å²) in [6, 6.07) is 14.8. The van der Waals surface area contributed by atoms with Gasteiger partial charge in [0.05, 0.1) is 6.54 Å². The molecule has 0 aliphatic carbocycles. The molecule has 0 amide bonds. The van der Waals surface area contributed by atoms with Crippen LogP contribution in [0.3, 0.4) is 0 Å². The van der Waals surface area contributed by atoms with E-state index in [1.807, 2.05) is 18.5 Å². The van der Waals surface area contributed by atoms with Gasteiger partial charge in [-0.25, -0.2) is 4.98 Å². The molecule has 3 aromatic rings. The van der Waals surface area contributed by atoms with Crippen LogP contribution >= 0.6 is 35.3 Å². The lowest BCUT2D eigenvalue weighted by atomic mass is 10.2. The van der Waals surface area contributed by atoms with Gasteiger partial charge in [-0.15, -0.1) is 35.3 Å². The van der Waals surface area contributed by atoms with E-state index in [4.69, 9.17) is 0 Å². The van der Waals surface area contributed by atoms with Crippen molar-refractivity contribution in [2.24, 2.45) is 4.99 Å². The molecule has 0 saturated heterocycles. The van der Waals surface area contributed by atoms with E-state index in [0.29, 0.717) is 0 Å². The number of aryl methyl sites for hydroxylation is 1. The average molecular weight is 495 g/mol. The van der Waals surface area contributed by atoms with Crippen LogP contribution < -0.4 is 10.6 Å². The van der Waals surface area contributed by atoms with Gasteiger partial charge in [0.2, 0.25) is 0 Å². The standard InChI is InChI=1S/C20H25N5S.HI/c1-16-8-9-18(26-16)14-24-20(21-2)23-11-10-19-22-12-13-25(19)15-17-6-4-3-5-7-17;/h3-9,12-13H,10-11,14-15H2,1-2H3,(H2,21,23,24);1H. The molecule has 0 fully saturated rings. The number of nitrogens with zero attached hydrogens (tertiary/aromatic N) is 3. The predicted octanol–water partition coefficient (Wildman–Crippen LogP) is 3.83. The highest BCUT2D eigenvalue weighted by Crippen LogP contribution is 2.14. The van der Waals surface area contributed by atoms with Gasteiger partial charge in [0.1, 0.15) is 5.82 Å². The summed E-state index contributed by atoms with van der Waals surface area (Å²) < 4.78 is 2.20. The molecule has 0 unspecified atom stereocenters. The Morgan fingerprint density at radius 1 is 1.15 bits per heavy atom. The van der Waals surface area contributed by atoms with Crippen molar-refractivity contribution in [2.45, 2.75) is 26.4 Å². The minimum Gasteiger partial charge on any atom is -0.356 e. The van der Waals surface area contributed by atoms with E-state index in [2.05, 4.69) is 68.5 Å². The number of aromatic nitrogens is 2. The fourth-order valence-electron chi connectivity index (χ4n) is 2.76. The number of guanidine groups is 1. The van der Waals surface area contributed by atoms with Crippen LogP contribution in [0, 0.1) is 6.92 Å². The first kappa shape index (κ1) is 21.4. The van der Waals surface area contributed by atoms with Crippen molar-refractivity contribution < 1.29 is 0 Å². The van der Waals surface area contributed by atoms with Crippen LogP contribution in [-0.2, 0) is 19.5 Å². The van der Waals surface area contributed by atoms with E-state index in [9.17, 15) is 0 Å². The number of rotatable bonds is 7. The lowest BCUT2D eigenvalue weighted by Gasteiger charge is -2.12. The van der Waals surface area contributed by atoms with Gasteiger partial charge in [-0.3, -0.25) is 4.99 Å². The first-order chi connectivity index (χ1) is 12.7. The van der Waals surface area contributed by atoms with E-state index >= 15 is 0 Å². The minimum absolute atomic E-state index is 0. The van der Waals surface area contributed by atoms with Crippen molar-refractivity contribution in [3.05, 3.63) is 76.0 Å². The van der Waals surface area contributed by atoms with Crippen LogP contribution in [0.5, 0.6) is 0 Å². The Morgan fingerprint density at radius 3 is 2.67 bits per heavy atom. The van der Waals surface area contributed by atoms with E-state index in [-0.39, 0.29) is 24.0 Å². The van der Waals surface area contributed by atoms with Crippen LogP contribution in [-0.4, -0.2) is 29.1 Å². The van der Waals surface area contributed by atoms with Crippen molar-refractivity contribution in [1.29, 1.82) is 0 Å². The Labute approximate surface area is 182 Å². The molecule has 7 heteroatoms. The number of aliphatic imine (C=N–C) groups is 1. The van der Waals surface area contributed by atoms with Crippen molar-refractivity contribution in [1.82, 2.24) is 20.2 Å². The molecule has 0 spiro atoms. The Morgan fingerprint density at radius 2 is 1.96 bits per heavy atom. The van der Waals surface area contributed by atoms with Crippen molar-refractivity contribution in [3.63, 3.8) is 0 Å². The summed E-state index contributed by atoms with van der Waals surface area (Å²) >= 11 is 1.81. The first-order valence-electron chi connectivity index (χ1n) is 8.78. The molecule has 5 nitrogen and oxygen atoms in total. The number of imidazole rings is 1. The Kier molecular flexibility index (Phi) is 8.80. The van der Waals surface area contributed by atoms with Crippen LogP contribution in [0.4, 0.5) is 0 Å². The van der Waals surface area contributed by atoms with Gasteiger partial charge in [-0.1, -0.05) is 30.3 Å². The summed E-state index contributed by atoms with van der Waals surface area (Å²) in [7, 11) is 1.80. The number of benzene rings is 1. The van der Waals surface area contributed by atoms with Crippen molar-refractivity contribution in [2.75, 3.05) is 13.6 Å². The normalized spacial score (nSPS) is 11.1. The molecule has 0 saturated carbocycles. The van der Waals surface area contributed by atoms with Gasteiger partial charge in [0.15, 0.2) is 5.96 Å². The molecule has 0 aliphatic heterocycles. The molecule has 1 aromatic carbocycles. The second kappa shape index (κ2) is 11.1. The van der Waals surface area contributed by atoms with Gasteiger partial charge in [-0.05, 0) is 24.6 Å². The largest absolute Gasteiger partial charge is 0.356 e. The Hall–Kier alpha value is -1.87. The fourth-order valence-corrected chi connectivity index (χ4v) is 3.59. The molecule has 2 heterocycles. The van der Waals surface area contributed by atoms with E-state index in [1.54, 1.807) is 18.4 Å². The number of hydrogen-bond donors (Lipinski definition) is 2. The zero-order valence-corrected chi connectivity index (χ0v) is 18.8. The lowest BCUT2D eigenvalue weighted by Crippen LogP contribution is -2.37. The SMILES string of the molecule is CN=C(NCCc1nccn1Cc1ccccc1)NCc1ccc(C)s1.I. The van der Waals surface area contributed by atoms with Gasteiger partial charge >= 0.3 is 0 Å². The minimum atomic E-state index is 0. The van der Waals surface area contributed by atoms with Crippen molar-refractivity contribution in [3.8, 4) is 0 Å². The molecule has 2 aromatic heterocycles. The number of nitrogens with one attached hydrogen (secondary N) is 2. The maximum Gasteiger partial charge on any atom is 0.191 e. The quantitative estimate of drug-likeness (QED) is 0.298. The Balaban J connectivity index is 0.00000261. The molecule has 144 valence electrons. The third-order valence-corrected chi connectivity index (χ3v) is 5.09. The first-order valence-corrected chi connectivity index (χ1v) is 9.60. The fraction of sp³-hybridized carbons (Fsp3) is 0.300. The molecule has 27 heavy (non-hydrogen) atoms. The molecule has 3 rings (SSSR count). The van der Waals surface area contributed by atoms with Crippen LogP contribution in [0.25, 0.3) is 0 Å². The van der Waals surface area contributed by atoms with Gasteiger partial charge in [0.25, 0.3) is 0 Å². The number of halogens is 1. The monoisotopic (exact) mass is 495 g/mol. The van der Waals surface area contributed by atoms with E-state index < -0.39 is 0 Å². The van der Waals surface area contributed by atoms with Gasteiger partial charge in [-0.2, -0.15) is 0 Å². The highest BCUT2D eigenvalue weighted by molar-refractivity contribution is 14.0. The topological polar surface area (TPSA) is 54.2 Å². The van der Waals surface area contributed by atoms with Gasteiger partial charge < -0.3 is 15.2 Å². The zero-order valence-electron chi connectivity index (χ0n) is 15.7. The van der Waals surface area contributed by atoms with Gasteiger partial charge in [0, 0.05) is 48.7 Å². The summed E-state index contributed by atoms with van der Waals surface area (Å²) in [6.45, 7) is 4.55. The van der Waals surface area contributed by atoms with Crippen LogP contribution in [0.15, 0.2) is 59.9 Å². The molecular weight excluding hydrogens is 469 g/mol.